The van der Waals surface area contributed by atoms with Gasteiger partial charge in [-0.1, -0.05) is 13.8 Å². The average Bonchev–Trinajstić information content (AvgIpc) is 2.39. The van der Waals surface area contributed by atoms with E-state index in [1.54, 1.807) is 0 Å². The molecule has 0 aliphatic heterocycles. The van der Waals surface area contributed by atoms with Crippen LogP contribution >= 0.6 is 0 Å². The normalized spacial score (nSPS) is 11.6. The van der Waals surface area contributed by atoms with Gasteiger partial charge in [0, 0.05) is 24.6 Å². The minimum Gasteiger partial charge on any atom is -0.370 e. The summed E-state index contributed by atoms with van der Waals surface area (Å²) in [6.45, 7) is 12.9. The molecule has 1 heterocycles. The van der Waals surface area contributed by atoms with E-state index < -0.39 is 5.41 Å². The van der Waals surface area contributed by atoms with Gasteiger partial charge in [0.15, 0.2) is 0 Å². The van der Waals surface area contributed by atoms with E-state index in [1.165, 1.54) is 0 Å². The van der Waals surface area contributed by atoms with Crippen LogP contribution in [0.4, 0.5) is 11.6 Å². The third kappa shape index (κ3) is 4.31. The van der Waals surface area contributed by atoms with E-state index in [2.05, 4.69) is 34.4 Å². The fourth-order valence-electron chi connectivity index (χ4n) is 1.70. The molecule has 0 spiro atoms. The molecular weight excluding hydrogens is 266 g/mol. The van der Waals surface area contributed by atoms with Gasteiger partial charge in [0.2, 0.25) is 5.91 Å². The van der Waals surface area contributed by atoms with Crippen molar-refractivity contribution in [1.82, 2.24) is 9.97 Å². The van der Waals surface area contributed by atoms with Crippen molar-refractivity contribution in [3.8, 4) is 0 Å². The Morgan fingerprint density at radius 3 is 2.19 bits per heavy atom. The average molecular weight is 293 g/mol. The molecular formula is C15H27N5O. The zero-order valence-electron chi connectivity index (χ0n) is 13.9. The van der Waals surface area contributed by atoms with Gasteiger partial charge >= 0.3 is 0 Å². The monoisotopic (exact) mass is 293 g/mol. The Labute approximate surface area is 126 Å². The lowest BCUT2D eigenvalue weighted by Crippen LogP contribution is -2.37. The molecule has 0 aliphatic rings. The summed E-state index contributed by atoms with van der Waals surface area (Å²) in [6, 6.07) is 0. The summed E-state index contributed by atoms with van der Waals surface area (Å²) in [7, 11) is 0. The fraction of sp³-hybridized carbons (Fsp3) is 0.667. The van der Waals surface area contributed by atoms with Gasteiger partial charge in [-0.25, -0.2) is 9.97 Å². The second-order valence-electron chi connectivity index (χ2n) is 6.19. The fourth-order valence-corrected chi connectivity index (χ4v) is 1.70. The summed E-state index contributed by atoms with van der Waals surface area (Å²) in [5, 5.41) is 6.49. The molecule has 0 unspecified atom stereocenters. The highest BCUT2D eigenvalue weighted by Gasteiger charge is 2.25. The molecule has 0 saturated heterocycles. The van der Waals surface area contributed by atoms with Crippen LogP contribution in [0, 0.1) is 12.3 Å². The molecule has 118 valence electrons. The van der Waals surface area contributed by atoms with Crippen molar-refractivity contribution in [3.63, 3.8) is 0 Å². The SMILES string of the molecule is CCNc1nc(C(C)C)nc(NCC(C)(C)C(N)=O)c1C. The number of nitrogens with zero attached hydrogens (tertiary/aromatic N) is 2. The van der Waals surface area contributed by atoms with Gasteiger partial charge in [-0.15, -0.1) is 0 Å². The summed E-state index contributed by atoms with van der Waals surface area (Å²) < 4.78 is 0. The van der Waals surface area contributed by atoms with Crippen molar-refractivity contribution in [2.45, 2.75) is 47.5 Å². The molecule has 0 atom stereocenters. The largest absolute Gasteiger partial charge is 0.370 e. The molecule has 6 heteroatoms. The van der Waals surface area contributed by atoms with Gasteiger partial charge in [-0.05, 0) is 27.7 Å². The third-order valence-corrected chi connectivity index (χ3v) is 3.39. The first-order valence-corrected chi connectivity index (χ1v) is 7.35. The first kappa shape index (κ1) is 17.2. The van der Waals surface area contributed by atoms with Crippen LogP contribution in [-0.4, -0.2) is 29.0 Å². The number of hydrogen-bond acceptors (Lipinski definition) is 5. The summed E-state index contributed by atoms with van der Waals surface area (Å²) in [6.07, 6.45) is 0. The molecule has 0 radical (unpaired) electrons. The molecule has 0 aliphatic carbocycles. The second-order valence-corrected chi connectivity index (χ2v) is 6.19. The summed E-state index contributed by atoms with van der Waals surface area (Å²) in [5.74, 6) is 2.25. The minimum absolute atomic E-state index is 0.229. The molecule has 1 aromatic rings. The number of aromatic nitrogens is 2. The highest BCUT2D eigenvalue weighted by atomic mass is 16.1. The Bertz CT molecular complexity index is 511. The van der Waals surface area contributed by atoms with Crippen molar-refractivity contribution in [2.75, 3.05) is 23.7 Å². The van der Waals surface area contributed by atoms with E-state index in [0.29, 0.717) is 6.54 Å². The summed E-state index contributed by atoms with van der Waals surface area (Å²) in [4.78, 5) is 20.5. The number of anilines is 2. The van der Waals surface area contributed by atoms with E-state index >= 15 is 0 Å². The van der Waals surface area contributed by atoms with Crippen molar-refractivity contribution in [3.05, 3.63) is 11.4 Å². The molecule has 0 bridgehead atoms. The van der Waals surface area contributed by atoms with Gasteiger partial charge < -0.3 is 16.4 Å². The quantitative estimate of drug-likeness (QED) is 0.717. The van der Waals surface area contributed by atoms with Gasteiger partial charge in [0.1, 0.15) is 17.5 Å². The maximum Gasteiger partial charge on any atom is 0.224 e. The summed E-state index contributed by atoms with van der Waals surface area (Å²) in [5.41, 5.74) is 5.72. The lowest BCUT2D eigenvalue weighted by Gasteiger charge is -2.23. The Hall–Kier alpha value is -1.85. The van der Waals surface area contributed by atoms with E-state index in [-0.39, 0.29) is 11.8 Å². The third-order valence-electron chi connectivity index (χ3n) is 3.39. The second kappa shape index (κ2) is 6.74. The van der Waals surface area contributed by atoms with E-state index in [1.807, 2.05) is 27.7 Å². The predicted molar refractivity (Wildman–Crippen MR) is 86.5 cm³/mol. The molecule has 0 fully saturated rings. The van der Waals surface area contributed by atoms with Crippen LogP contribution in [0.5, 0.6) is 0 Å². The molecule has 0 aromatic carbocycles. The van der Waals surface area contributed by atoms with Crippen LogP contribution in [0.15, 0.2) is 0 Å². The number of amides is 1. The van der Waals surface area contributed by atoms with Crippen molar-refractivity contribution in [1.29, 1.82) is 0 Å². The van der Waals surface area contributed by atoms with Crippen molar-refractivity contribution < 1.29 is 4.79 Å². The first-order chi connectivity index (χ1) is 9.69. The zero-order chi connectivity index (χ0) is 16.2. The maximum atomic E-state index is 11.4. The molecule has 0 saturated carbocycles. The number of nitrogens with one attached hydrogen (secondary N) is 2. The molecule has 4 N–H and O–H groups in total. The molecule has 6 nitrogen and oxygen atoms in total. The number of rotatable bonds is 7. The number of carbonyl (C=O) groups excluding carboxylic acids is 1. The molecule has 1 aromatic heterocycles. The topological polar surface area (TPSA) is 92.9 Å². The highest BCUT2D eigenvalue weighted by Crippen LogP contribution is 2.24. The zero-order valence-corrected chi connectivity index (χ0v) is 13.9. The van der Waals surface area contributed by atoms with Crippen LogP contribution < -0.4 is 16.4 Å². The van der Waals surface area contributed by atoms with Gasteiger partial charge in [-0.2, -0.15) is 0 Å². The van der Waals surface area contributed by atoms with Gasteiger partial charge in [-0.3, -0.25) is 4.79 Å². The molecule has 1 amide bonds. The van der Waals surface area contributed by atoms with Crippen LogP contribution in [-0.2, 0) is 4.79 Å². The van der Waals surface area contributed by atoms with Gasteiger partial charge in [0.25, 0.3) is 0 Å². The first-order valence-electron chi connectivity index (χ1n) is 7.35. The predicted octanol–water partition coefficient (Wildman–Crippen LogP) is 2.26. The highest BCUT2D eigenvalue weighted by molar-refractivity contribution is 5.80. The van der Waals surface area contributed by atoms with E-state index in [0.717, 1.165) is 29.6 Å². The van der Waals surface area contributed by atoms with Crippen LogP contribution in [0.2, 0.25) is 0 Å². The Morgan fingerprint density at radius 1 is 1.24 bits per heavy atom. The molecule has 21 heavy (non-hydrogen) atoms. The smallest absolute Gasteiger partial charge is 0.224 e. The van der Waals surface area contributed by atoms with E-state index in [4.69, 9.17) is 5.73 Å². The summed E-state index contributed by atoms with van der Waals surface area (Å²) >= 11 is 0. The van der Waals surface area contributed by atoms with Crippen molar-refractivity contribution >= 4 is 17.5 Å². The Balaban J connectivity index is 3.07. The van der Waals surface area contributed by atoms with Crippen LogP contribution in [0.25, 0.3) is 0 Å². The lowest BCUT2D eigenvalue weighted by atomic mass is 9.93. The lowest BCUT2D eigenvalue weighted by molar-refractivity contribution is -0.125. The van der Waals surface area contributed by atoms with Gasteiger partial charge in [0.05, 0.1) is 5.41 Å². The minimum atomic E-state index is -0.631. The van der Waals surface area contributed by atoms with Crippen LogP contribution in [0.3, 0.4) is 0 Å². The van der Waals surface area contributed by atoms with Crippen LogP contribution in [0.1, 0.15) is 51.9 Å². The number of primary amides is 1. The number of hydrogen-bond donors (Lipinski definition) is 3. The number of nitrogens with two attached hydrogens (primary N) is 1. The Kier molecular flexibility index (Phi) is 5.52. The molecule has 1 rings (SSSR count). The number of carbonyl (C=O) groups is 1. The maximum absolute atomic E-state index is 11.4. The van der Waals surface area contributed by atoms with Crippen molar-refractivity contribution in [2.24, 2.45) is 11.1 Å². The van der Waals surface area contributed by atoms with E-state index in [9.17, 15) is 4.79 Å². The standard InChI is InChI=1S/C15H27N5O/c1-7-17-12-10(4)13(20-11(19-12)9(2)3)18-8-15(5,6)14(16)21/h9H,7-8H2,1-6H3,(H2,16,21)(H2,17,18,19,20). The Morgan fingerprint density at radius 2 is 1.76 bits per heavy atom.